The molecule has 0 fully saturated rings. The Morgan fingerprint density at radius 1 is 0.656 bits per heavy atom. The first-order valence-electron chi connectivity index (χ1n) is 10.3. The van der Waals surface area contributed by atoms with Crippen LogP contribution in [0.4, 0.5) is 0 Å². The number of benzene rings is 2. The van der Waals surface area contributed by atoms with Crippen LogP contribution in [-0.4, -0.2) is 24.5 Å². The molecule has 6 heteroatoms. The van der Waals surface area contributed by atoms with Crippen molar-refractivity contribution in [3.63, 3.8) is 0 Å². The number of fused-ring (bicyclic) bond motifs is 6. The summed E-state index contributed by atoms with van der Waals surface area (Å²) in [5, 5.41) is 3.69. The van der Waals surface area contributed by atoms with Gasteiger partial charge in [0.15, 0.2) is 5.82 Å². The molecule has 5 aromatic heterocycles. The maximum atomic E-state index is 4.73. The van der Waals surface area contributed by atoms with Crippen LogP contribution in [0, 0.1) is 0 Å². The molecular weight excluding hydrogens is 414 g/mol. The van der Waals surface area contributed by atoms with Crippen molar-refractivity contribution in [2.24, 2.45) is 0 Å². The van der Waals surface area contributed by atoms with Crippen LogP contribution < -0.4 is 0 Å². The second-order valence-electron chi connectivity index (χ2n) is 7.67. The first kappa shape index (κ1) is 17.5. The van der Waals surface area contributed by atoms with Gasteiger partial charge in [0.2, 0.25) is 0 Å². The fourth-order valence-corrected chi connectivity index (χ4v) is 5.54. The Bertz CT molecular complexity index is 1770. The Morgan fingerprint density at radius 3 is 2.38 bits per heavy atom. The van der Waals surface area contributed by atoms with Gasteiger partial charge in [0.1, 0.15) is 0 Å². The van der Waals surface area contributed by atoms with Gasteiger partial charge in [-0.3, -0.25) is 9.97 Å². The summed E-state index contributed by atoms with van der Waals surface area (Å²) in [6.07, 6.45) is 9.11. The molecule has 0 atom stereocenters. The molecule has 7 rings (SSSR count). The van der Waals surface area contributed by atoms with E-state index in [0.717, 1.165) is 33.2 Å². The van der Waals surface area contributed by atoms with E-state index < -0.39 is 0 Å². The summed E-state index contributed by atoms with van der Waals surface area (Å²) in [4.78, 5) is 18.1. The Morgan fingerprint density at radius 2 is 1.50 bits per heavy atom. The minimum Gasteiger partial charge on any atom is -0.305 e. The van der Waals surface area contributed by atoms with E-state index in [1.807, 2.05) is 48.1 Å². The van der Waals surface area contributed by atoms with Gasteiger partial charge in [-0.25, -0.2) is 9.97 Å². The molecule has 0 spiro atoms. The largest absolute Gasteiger partial charge is 0.305 e. The summed E-state index contributed by atoms with van der Waals surface area (Å²) < 4.78 is 4.76. The summed E-state index contributed by atoms with van der Waals surface area (Å²) in [5.41, 5.74) is 5.00. The van der Waals surface area contributed by atoms with Crippen LogP contribution in [0.15, 0.2) is 91.6 Å². The van der Waals surface area contributed by atoms with Crippen LogP contribution in [0.2, 0.25) is 0 Å². The number of nitrogens with zero attached hydrogens (tertiary/aromatic N) is 5. The SMILES string of the molecule is c1ccc2c(c1)sc1cc3c(cc12)c1ncccc1n3-c1cnc(-c2ccncc2)nc1. The zero-order chi connectivity index (χ0) is 21.1. The Labute approximate surface area is 186 Å². The van der Waals surface area contributed by atoms with Gasteiger partial charge in [-0.15, -0.1) is 11.3 Å². The van der Waals surface area contributed by atoms with Crippen LogP contribution in [0.3, 0.4) is 0 Å². The highest BCUT2D eigenvalue weighted by Gasteiger charge is 2.16. The predicted octanol–water partition coefficient (Wildman–Crippen LogP) is 6.40. The molecule has 0 saturated heterocycles. The molecule has 0 unspecified atom stereocenters. The highest BCUT2D eigenvalue weighted by molar-refractivity contribution is 7.25. The van der Waals surface area contributed by atoms with Gasteiger partial charge in [-0.05, 0) is 42.5 Å². The van der Waals surface area contributed by atoms with Crippen LogP contribution >= 0.6 is 11.3 Å². The monoisotopic (exact) mass is 429 g/mol. The number of pyridine rings is 2. The molecule has 7 aromatic rings. The van der Waals surface area contributed by atoms with Crippen LogP contribution in [0.5, 0.6) is 0 Å². The lowest BCUT2D eigenvalue weighted by atomic mass is 10.1. The van der Waals surface area contributed by atoms with Gasteiger partial charge in [0.25, 0.3) is 0 Å². The van der Waals surface area contributed by atoms with Crippen LogP contribution in [0.25, 0.3) is 59.2 Å². The van der Waals surface area contributed by atoms with Gasteiger partial charge in [-0.1, -0.05) is 18.2 Å². The second-order valence-corrected chi connectivity index (χ2v) is 8.75. The number of thiophene rings is 1. The fourth-order valence-electron chi connectivity index (χ4n) is 4.41. The highest BCUT2D eigenvalue weighted by Crippen LogP contribution is 2.39. The molecule has 0 bridgehead atoms. The zero-order valence-electron chi connectivity index (χ0n) is 16.8. The van der Waals surface area contributed by atoms with E-state index in [2.05, 4.69) is 62.0 Å². The Kier molecular flexibility index (Phi) is 3.65. The number of rotatable bonds is 2. The van der Waals surface area contributed by atoms with Crippen molar-refractivity contribution in [2.45, 2.75) is 0 Å². The molecule has 150 valence electrons. The Hall–Kier alpha value is -4.16. The first-order valence-corrected chi connectivity index (χ1v) is 11.1. The maximum absolute atomic E-state index is 4.73. The molecule has 5 heterocycles. The van der Waals surface area contributed by atoms with Crippen molar-refractivity contribution < 1.29 is 0 Å². The van der Waals surface area contributed by atoms with Crippen molar-refractivity contribution in [3.05, 3.63) is 91.6 Å². The zero-order valence-corrected chi connectivity index (χ0v) is 17.6. The second kappa shape index (κ2) is 6.67. The van der Waals surface area contributed by atoms with E-state index in [4.69, 9.17) is 4.98 Å². The molecular formula is C26H15N5S. The van der Waals surface area contributed by atoms with Crippen molar-refractivity contribution in [3.8, 4) is 17.1 Å². The van der Waals surface area contributed by atoms with Crippen LogP contribution in [0.1, 0.15) is 0 Å². The molecule has 0 radical (unpaired) electrons. The number of hydrogen-bond acceptors (Lipinski definition) is 5. The molecule has 0 aliphatic heterocycles. The third-order valence-corrected chi connectivity index (χ3v) is 6.99. The molecule has 0 aliphatic rings. The van der Waals surface area contributed by atoms with Crippen molar-refractivity contribution in [1.29, 1.82) is 0 Å². The van der Waals surface area contributed by atoms with E-state index in [9.17, 15) is 0 Å². The van der Waals surface area contributed by atoms with E-state index in [0.29, 0.717) is 5.82 Å². The summed E-state index contributed by atoms with van der Waals surface area (Å²) in [5.74, 6) is 0.682. The summed E-state index contributed by atoms with van der Waals surface area (Å²) in [6, 6.07) is 21.0. The average Bonchev–Trinajstić information content (AvgIpc) is 3.38. The Balaban J connectivity index is 1.51. The van der Waals surface area contributed by atoms with Gasteiger partial charge in [0.05, 0.1) is 34.6 Å². The molecule has 2 aromatic carbocycles. The van der Waals surface area contributed by atoms with E-state index in [1.165, 1.54) is 20.2 Å². The summed E-state index contributed by atoms with van der Waals surface area (Å²) in [7, 11) is 0. The van der Waals surface area contributed by atoms with E-state index in [-0.39, 0.29) is 0 Å². The minimum absolute atomic E-state index is 0.682. The average molecular weight is 430 g/mol. The van der Waals surface area contributed by atoms with Gasteiger partial charge >= 0.3 is 0 Å². The summed E-state index contributed by atoms with van der Waals surface area (Å²) >= 11 is 1.82. The maximum Gasteiger partial charge on any atom is 0.159 e. The third kappa shape index (κ3) is 2.50. The number of hydrogen-bond donors (Lipinski definition) is 0. The highest BCUT2D eigenvalue weighted by atomic mass is 32.1. The molecule has 0 aliphatic carbocycles. The van der Waals surface area contributed by atoms with Crippen molar-refractivity contribution in [1.82, 2.24) is 24.5 Å². The van der Waals surface area contributed by atoms with E-state index in [1.54, 1.807) is 12.4 Å². The smallest absolute Gasteiger partial charge is 0.159 e. The molecule has 0 N–H and O–H groups in total. The first-order chi connectivity index (χ1) is 15.9. The summed E-state index contributed by atoms with van der Waals surface area (Å²) in [6.45, 7) is 0. The molecule has 0 amide bonds. The fraction of sp³-hybridized carbons (Fsp3) is 0. The molecule has 0 saturated carbocycles. The van der Waals surface area contributed by atoms with Crippen molar-refractivity contribution in [2.75, 3.05) is 0 Å². The molecule has 32 heavy (non-hydrogen) atoms. The van der Waals surface area contributed by atoms with Crippen molar-refractivity contribution >= 4 is 53.4 Å². The predicted molar refractivity (Wildman–Crippen MR) is 130 cm³/mol. The third-order valence-electron chi connectivity index (χ3n) is 5.85. The van der Waals surface area contributed by atoms with Gasteiger partial charge in [-0.2, -0.15) is 0 Å². The molecule has 5 nitrogen and oxygen atoms in total. The lowest BCUT2D eigenvalue weighted by molar-refractivity contribution is 1.08. The lowest BCUT2D eigenvalue weighted by Crippen LogP contribution is -1.97. The van der Waals surface area contributed by atoms with Gasteiger partial charge in [0, 0.05) is 49.7 Å². The normalized spacial score (nSPS) is 11.8. The number of aromatic nitrogens is 5. The quantitative estimate of drug-likeness (QED) is 0.319. The topological polar surface area (TPSA) is 56.5 Å². The van der Waals surface area contributed by atoms with Crippen LogP contribution in [-0.2, 0) is 0 Å². The van der Waals surface area contributed by atoms with E-state index >= 15 is 0 Å². The lowest BCUT2D eigenvalue weighted by Gasteiger charge is -2.08. The standard InChI is InChI=1S/C26H15N5S/c1-2-6-23-18(4-1)19-12-20-22(13-24(19)32-23)31(21-5-3-9-28-25(20)21)17-14-29-26(30-15-17)16-7-10-27-11-8-16/h1-15H. The minimum atomic E-state index is 0.682. The van der Waals surface area contributed by atoms with Gasteiger partial charge < -0.3 is 4.57 Å².